The zero-order chi connectivity index (χ0) is 20.9. The van der Waals surface area contributed by atoms with E-state index in [-0.39, 0.29) is 11.6 Å². The molecule has 158 valence electrons. The summed E-state index contributed by atoms with van der Waals surface area (Å²) < 4.78 is 19.6. The Hall–Kier alpha value is -2.51. The van der Waals surface area contributed by atoms with E-state index in [9.17, 15) is 9.18 Å². The Balaban J connectivity index is 1.28. The normalized spacial score (nSPS) is 17.2. The number of thiophene rings is 1. The van der Waals surface area contributed by atoms with Crippen LogP contribution in [0.15, 0.2) is 46.2 Å². The van der Waals surface area contributed by atoms with Crippen molar-refractivity contribution in [1.29, 1.82) is 0 Å². The number of anilines is 1. The quantitative estimate of drug-likeness (QED) is 0.542. The third-order valence-corrected chi connectivity index (χ3v) is 6.39. The smallest absolute Gasteiger partial charge is 0.236 e. The Kier molecular flexibility index (Phi) is 6.59. The van der Waals surface area contributed by atoms with Crippen LogP contribution in [0, 0.1) is 18.7 Å². The summed E-state index contributed by atoms with van der Waals surface area (Å²) in [5.41, 5.74) is 1.23. The first-order chi connectivity index (χ1) is 14.6. The molecule has 30 heavy (non-hydrogen) atoms. The number of amides is 1. The van der Waals surface area contributed by atoms with Crippen LogP contribution in [0.3, 0.4) is 0 Å². The molecular formula is C23H26FN3O2S. The van der Waals surface area contributed by atoms with Crippen molar-refractivity contribution in [2.45, 2.75) is 39.2 Å². The zero-order valence-corrected chi connectivity index (χ0v) is 17.9. The van der Waals surface area contributed by atoms with E-state index >= 15 is 0 Å². The van der Waals surface area contributed by atoms with Gasteiger partial charge in [-0.3, -0.25) is 9.69 Å². The van der Waals surface area contributed by atoms with Crippen LogP contribution in [0.4, 0.5) is 10.1 Å². The average molecular weight is 428 g/mol. The van der Waals surface area contributed by atoms with Crippen molar-refractivity contribution in [3.05, 3.63) is 59.0 Å². The molecule has 3 heterocycles. The lowest BCUT2D eigenvalue weighted by molar-refractivity contribution is -0.116. The highest BCUT2D eigenvalue weighted by Crippen LogP contribution is 2.28. The lowest BCUT2D eigenvalue weighted by atomic mass is 9.93. The molecule has 0 radical (unpaired) electrons. The summed E-state index contributed by atoms with van der Waals surface area (Å²) >= 11 is 1.62. The van der Waals surface area contributed by atoms with Gasteiger partial charge in [-0.15, -0.1) is 11.3 Å². The van der Waals surface area contributed by atoms with Gasteiger partial charge in [0.2, 0.25) is 11.8 Å². The van der Waals surface area contributed by atoms with Gasteiger partial charge in [0.1, 0.15) is 11.6 Å². The van der Waals surface area contributed by atoms with Gasteiger partial charge in [0.15, 0.2) is 0 Å². The van der Waals surface area contributed by atoms with Crippen LogP contribution in [0.5, 0.6) is 0 Å². The summed E-state index contributed by atoms with van der Waals surface area (Å²) in [5, 5.41) is 4.70. The van der Waals surface area contributed by atoms with E-state index in [0.717, 1.165) is 55.2 Å². The van der Waals surface area contributed by atoms with E-state index in [4.69, 9.17) is 9.40 Å². The fourth-order valence-corrected chi connectivity index (χ4v) is 4.58. The number of rotatable bonds is 7. The molecule has 3 aromatic rings. The van der Waals surface area contributed by atoms with Gasteiger partial charge in [-0.1, -0.05) is 18.2 Å². The van der Waals surface area contributed by atoms with Crippen molar-refractivity contribution < 1.29 is 13.6 Å². The summed E-state index contributed by atoms with van der Waals surface area (Å²) in [7, 11) is 0. The van der Waals surface area contributed by atoms with Crippen LogP contribution in [0.2, 0.25) is 0 Å². The van der Waals surface area contributed by atoms with E-state index in [2.05, 4.69) is 10.2 Å². The number of aryl methyl sites for hydroxylation is 1. The molecule has 0 bridgehead atoms. The molecule has 1 atom stereocenters. The topological polar surface area (TPSA) is 58.4 Å². The highest BCUT2D eigenvalue weighted by Gasteiger charge is 2.23. The summed E-state index contributed by atoms with van der Waals surface area (Å²) in [5.74, 6) is 1.47. The molecule has 2 aromatic heterocycles. The Bertz CT molecular complexity index is 986. The first-order valence-corrected chi connectivity index (χ1v) is 11.2. The maximum Gasteiger partial charge on any atom is 0.236 e. The van der Waals surface area contributed by atoms with E-state index in [0.29, 0.717) is 18.2 Å². The van der Waals surface area contributed by atoms with Gasteiger partial charge >= 0.3 is 0 Å². The highest BCUT2D eigenvalue weighted by molar-refractivity contribution is 7.13. The van der Waals surface area contributed by atoms with Crippen molar-refractivity contribution in [1.82, 2.24) is 9.88 Å². The monoisotopic (exact) mass is 427 g/mol. The summed E-state index contributed by atoms with van der Waals surface area (Å²) in [4.78, 5) is 20.4. The number of hydrogen-bond acceptors (Lipinski definition) is 5. The SMILES string of the molecule is Cc1oc(-c2cccs2)nc1CN1CCC[C@H](CCC(=O)Nc2ccccc2F)C1. The minimum atomic E-state index is -0.403. The minimum absolute atomic E-state index is 0.134. The number of likely N-dealkylation sites (tertiary alicyclic amines) is 1. The molecule has 1 aliphatic heterocycles. The molecule has 1 aliphatic rings. The molecule has 7 heteroatoms. The van der Waals surface area contributed by atoms with Crippen LogP contribution in [-0.2, 0) is 11.3 Å². The second-order valence-corrected chi connectivity index (χ2v) is 8.76. The molecule has 0 saturated carbocycles. The second-order valence-electron chi connectivity index (χ2n) is 7.81. The van der Waals surface area contributed by atoms with Gasteiger partial charge in [-0.05, 0) is 62.2 Å². The molecule has 0 spiro atoms. The third kappa shape index (κ3) is 5.15. The first-order valence-electron chi connectivity index (χ1n) is 10.4. The Morgan fingerprint density at radius 2 is 2.20 bits per heavy atom. The standard InChI is InChI=1S/C23H26FN3O2S/c1-16-20(26-23(29-16)21-9-5-13-30-21)15-27-12-4-6-17(14-27)10-11-22(28)25-19-8-3-2-7-18(19)24/h2-3,5,7-9,13,17H,4,6,10-12,14-15H2,1H3,(H,25,28)/t17-/m1/s1. The maximum absolute atomic E-state index is 13.7. The third-order valence-electron chi connectivity index (χ3n) is 5.53. The largest absolute Gasteiger partial charge is 0.440 e. The Labute approximate surface area is 179 Å². The number of oxazole rings is 1. The molecule has 0 aliphatic carbocycles. The van der Waals surface area contributed by atoms with Crippen LogP contribution in [-0.4, -0.2) is 28.9 Å². The maximum atomic E-state index is 13.7. The van der Waals surface area contributed by atoms with Crippen LogP contribution in [0.25, 0.3) is 10.8 Å². The number of nitrogens with one attached hydrogen (secondary N) is 1. The molecule has 5 nitrogen and oxygen atoms in total. The fourth-order valence-electron chi connectivity index (χ4n) is 3.93. The van der Waals surface area contributed by atoms with Gasteiger partial charge in [0.25, 0.3) is 0 Å². The molecule has 1 N–H and O–H groups in total. The second kappa shape index (κ2) is 9.53. The highest BCUT2D eigenvalue weighted by atomic mass is 32.1. The molecule has 1 amide bonds. The van der Waals surface area contributed by atoms with Crippen molar-refractivity contribution in [2.24, 2.45) is 5.92 Å². The van der Waals surface area contributed by atoms with E-state index < -0.39 is 5.82 Å². The number of benzene rings is 1. The Morgan fingerprint density at radius 3 is 3.00 bits per heavy atom. The summed E-state index contributed by atoms with van der Waals surface area (Å²) in [6, 6.07) is 10.3. The summed E-state index contributed by atoms with van der Waals surface area (Å²) in [6.45, 7) is 4.69. The number of halogens is 1. The van der Waals surface area contributed by atoms with E-state index in [1.165, 1.54) is 6.07 Å². The first kappa shape index (κ1) is 20.8. The van der Waals surface area contributed by atoms with Crippen LogP contribution in [0.1, 0.15) is 37.1 Å². The lowest BCUT2D eigenvalue weighted by Crippen LogP contribution is -2.35. The molecule has 1 aromatic carbocycles. The Morgan fingerprint density at radius 1 is 1.33 bits per heavy atom. The number of carbonyl (C=O) groups excluding carboxylic acids is 1. The zero-order valence-electron chi connectivity index (χ0n) is 17.1. The number of aromatic nitrogens is 1. The van der Waals surface area contributed by atoms with Gasteiger partial charge in [-0.2, -0.15) is 0 Å². The van der Waals surface area contributed by atoms with Crippen LogP contribution >= 0.6 is 11.3 Å². The predicted molar refractivity (Wildman–Crippen MR) is 117 cm³/mol. The van der Waals surface area contributed by atoms with E-state index in [1.807, 2.05) is 24.4 Å². The number of hydrogen-bond donors (Lipinski definition) is 1. The lowest BCUT2D eigenvalue weighted by Gasteiger charge is -2.32. The molecule has 0 unspecified atom stereocenters. The van der Waals surface area contributed by atoms with Gasteiger partial charge < -0.3 is 9.73 Å². The van der Waals surface area contributed by atoms with Gasteiger partial charge in [0, 0.05) is 19.5 Å². The number of piperidine rings is 1. The fraction of sp³-hybridized carbons (Fsp3) is 0.391. The number of para-hydroxylation sites is 1. The van der Waals surface area contributed by atoms with Gasteiger partial charge in [-0.25, -0.2) is 9.37 Å². The molecule has 4 rings (SSSR count). The molecule has 1 saturated heterocycles. The average Bonchev–Trinajstić information content (AvgIpc) is 3.39. The summed E-state index contributed by atoms with van der Waals surface area (Å²) in [6.07, 6.45) is 3.42. The van der Waals surface area contributed by atoms with Crippen molar-refractivity contribution in [2.75, 3.05) is 18.4 Å². The van der Waals surface area contributed by atoms with Crippen molar-refractivity contribution in [3.8, 4) is 10.8 Å². The minimum Gasteiger partial charge on any atom is -0.440 e. The van der Waals surface area contributed by atoms with Gasteiger partial charge in [0.05, 0.1) is 16.3 Å². The van der Waals surface area contributed by atoms with Crippen molar-refractivity contribution >= 4 is 22.9 Å². The van der Waals surface area contributed by atoms with E-state index in [1.54, 1.807) is 29.5 Å². The molecular weight excluding hydrogens is 401 g/mol. The predicted octanol–water partition coefficient (Wildman–Crippen LogP) is 5.48. The van der Waals surface area contributed by atoms with Crippen LogP contribution < -0.4 is 5.32 Å². The van der Waals surface area contributed by atoms with Crippen molar-refractivity contribution in [3.63, 3.8) is 0 Å². The molecule has 1 fully saturated rings. The number of carbonyl (C=O) groups is 1. The number of nitrogens with zero attached hydrogens (tertiary/aromatic N) is 2.